The second kappa shape index (κ2) is 4.50. The van der Waals surface area contributed by atoms with Gasteiger partial charge in [-0.15, -0.1) is 0 Å². The largest absolute Gasteiger partial charge is 0.508 e. The van der Waals surface area contributed by atoms with Crippen LogP contribution in [0.25, 0.3) is 0 Å². The van der Waals surface area contributed by atoms with E-state index in [1.165, 1.54) is 11.1 Å². The lowest BCUT2D eigenvalue weighted by Gasteiger charge is -2.16. The molecule has 98 valence electrons. The lowest BCUT2D eigenvalue weighted by Crippen LogP contribution is -2.06. The number of phenolic OH excluding ortho intramolecular Hbond substituents is 2. The van der Waals surface area contributed by atoms with E-state index in [0.29, 0.717) is 11.5 Å². The van der Waals surface area contributed by atoms with E-state index >= 15 is 0 Å². The standard InChI is InChI=1S/C16H17NO2/c1-10-2-4-12(9-16(10)19)17-15-7-3-11-8-13(18)5-6-14(11)15/h2,4-6,8-9,15,17-19H,3,7H2,1H3. The van der Waals surface area contributed by atoms with Gasteiger partial charge in [0.25, 0.3) is 0 Å². The molecule has 19 heavy (non-hydrogen) atoms. The first-order chi connectivity index (χ1) is 9.13. The maximum Gasteiger partial charge on any atom is 0.120 e. The van der Waals surface area contributed by atoms with E-state index in [4.69, 9.17) is 0 Å². The Morgan fingerprint density at radius 2 is 1.95 bits per heavy atom. The normalized spacial score (nSPS) is 17.2. The zero-order chi connectivity index (χ0) is 13.4. The van der Waals surface area contributed by atoms with Crippen molar-refractivity contribution in [2.75, 3.05) is 5.32 Å². The van der Waals surface area contributed by atoms with Gasteiger partial charge < -0.3 is 15.5 Å². The summed E-state index contributed by atoms with van der Waals surface area (Å²) < 4.78 is 0. The van der Waals surface area contributed by atoms with Crippen LogP contribution in [0.5, 0.6) is 11.5 Å². The van der Waals surface area contributed by atoms with Gasteiger partial charge in [-0.05, 0) is 54.7 Å². The Bertz CT molecular complexity index is 622. The highest BCUT2D eigenvalue weighted by molar-refractivity contribution is 5.54. The highest BCUT2D eigenvalue weighted by atomic mass is 16.3. The van der Waals surface area contributed by atoms with Crippen molar-refractivity contribution < 1.29 is 10.2 Å². The number of hydrogen-bond acceptors (Lipinski definition) is 3. The van der Waals surface area contributed by atoms with E-state index in [1.807, 2.05) is 31.2 Å². The predicted molar refractivity (Wildman–Crippen MR) is 75.6 cm³/mol. The van der Waals surface area contributed by atoms with Gasteiger partial charge >= 0.3 is 0 Å². The summed E-state index contributed by atoms with van der Waals surface area (Å²) in [5.41, 5.74) is 4.24. The van der Waals surface area contributed by atoms with Crippen molar-refractivity contribution >= 4 is 5.69 Å². The molecule has 3 rings (SSSR count). The molecule has 3 nitrogen and oxygen atoms in total. The Kier molecular flexibility index (Phi) is 2.82. The van der Waals surface area contributed by atoms with Crippen molar-refractivity contribution in [3.05, 3.63) is 53.1 Å². The summed E-state index contributed by atoms with van der Waals surface area (Å²) in [7, 11) is 0. The Morgan fingerprint density at radius 1 is 1.11 bits per heavy atom. The first kappa shape index (κ1) is 11.9. The molecule has 1 unspecified atom stereocenters. The van der Waals surface area contributed by atoms with Gasteiger partial charge in [-0.25, -0.2) is 0 Å². The zero-order valence-corrected chi connectivity index (χ0v) is 10.9. The van der Waals surface area contributed by atoms with Crippen molar-refractivity contribution in [2.45, 2.75) is 25.8 Å². The van der Waals surface area contributed by atoms with Crippen LogP contribution in [0.2, 0.25) is 0 Å². The van der Waals surface area contributed by atoms with Gasteiger partial charge in [0.15, 0.2) is 0 Å². The monoisotopic (exact) mass is 255 g/mol. The van der Waals surface area contributed by atoms with Crippen LogP contribution < -0.4 is 5.32 Å². The van der Waals surface area contributed by atoms with E-state index in [2.05, 4.69) is 5.32 Å². The van der Waals surface area contributed by atoms with Gasteiger partial charge in [-0.2, -0.15) is 0 Å². The molecular weight excluding hydrogens is 238 g/mol. The molecular formula is C16H17NO2. The minimum Gasteiger partial charge on any atom is -0.508 e. The number of hydrogen-bond donors (Lipinski definition) is 3. The molecule has 2 aromatic rings. The smallest absolute Gasteiger partial charge is 0.120 e. The molecule has 3 N–H and O–H groups in total. The van der Waals surface area contributed by atoms with Crippen LogP contribution in [0.1, 0.15) is 29.2 Å². The number of phenols is 2. The van der Waals surface area contributed by atoms with E-state index in [9.17, 15) is 10.2 Å². The van der Waals surface area contributed by atoms with Crippen LogP contribution in [0.15, 0.2) is 36.4 Å². The number of rotatable bonds is 2. The lowest BCUT2D eigenvalue weighted by molar-refractivity contribution is 0.471. The molecule has 2 aromatic carbocycles. The van der Waals surface area contributed by atoms with E-state index in [1.54, 1.807) is 12.1 Å². The molecule has 0 amide bonds. The van der Waals surface area contributed by atoms with Gasteiger partial charge in [-0.1, -0.05) is 12.1 Å². The third-order valence-corrected chi connectivity index (χ3v) is 3.75. The van der Waals surface area contributed by atoms with Crippen LogP contribution in [0, 0.1) is 6.92 Å². The minimum absolute atomic E-state index is 0.248. The number of nitrogens with one attached hydrogen (secondary N) is 1. The van der Waals surface area contributed by atoms with Crippen molar-refractivity contribution in [1.29, 1.82) is 0 Å². The maximum atomic E-state index is 9.73. The second-order valence-electron chi connectivity index (χ2n) is 5.12. The quantitative estimate of drug-likeness (QED) is 0.769. The van der Waals surface area contributed by atoms with Gasteiger partial charge in [0.05, 0.1) is 6.04 Å². The Morgan fingerprint density at radius 3 is 2.74 bits per heavy atom. The van der Waals surface area contributed by atoms with Crippen molar-refractivity contribution in [1.82, 2.24) is 0 Å². The van der Waals surface area contributed by atoms with Crippen molar-refractivity contribution in [3.63, 3.8) is 0 Å². The topological polar surface area (TPSA) is 52.5 Å². The summed E-state index contributed by atoms with van der Waals surface area (Å²) in [5, 5.41) is 22.7. The molecule has 0 radical (unpaired) electrons. The number of anilines is 1. The summed E-state index contributed by atoms with van der Waals surface area (Å²) in [5.74, 6) is 0.640. The van der Waals surface area contributed by atoms with Gasteiger partial charge in [-0.3, -0.25) is 0 Å². The molecule has 0 aliphatic heterocycles. The van der Waals surface area contributed by atoms with Crippen LogP contribution >= 0.6 is 0 Å². The number of fused-ring (bicyclic) bond motifs is 1. The highest BCUT2D eigenvalue weighted by Gasteiger charge is 2.22. The van der Waals surface area contributed by atoms with Gasteiger partial charge in [0.1, 0.15) is 11.5 Å². The Balaban J connectivity index is 1.84. The summed E-state index contributed by atoms with van der Waals surface area (Å²) in [6.45, 7) is 1.88. The molecule has 3 heteroatoms. The first-order valence-electron chi connectivity index (χ1n) is 6.51. The maximum absolute atomic E-state index is 9.73. The first-order valence-corrected chi connectivity index (χ1v) is 6.51. The summed E-state index contributed by atoms with van der Waals surface area (Å²) >= 11 is 0. The van der Waals surface area contributed by atoms with E-state index < -0.39 is 0 Å². The highest BCUT2D eigenvalue weighted by Crippen LogP contribution is 2.36. The molecule has 1 atom stereocenters. The fourth-order valence-corrected chi connectivity index (χ4v) is 2.65. The fourth-order valence-electron chi connectivity index (χ4n) is 2.65. The van der Waals surface area contributed by atoms with Crippen LogP contribution in [0.4, 0.5) is 5.69 Å². The molecule has 0 fully saturated rings. The summed E-state index contributed by atoms with van der Waals surface area (Å²) in [6, 6.07) is 11.4. The number of benzene rings is 2. The van der Waals surface area contributed by atoms with Crippen LogP contribution in [0.3, 0.4) is 0 Å². The number of aryl methyl sites for hydroxylation is 2. The van der Waals surface area contributed by atoms with Crippen molar-refractivity contribution in [2.24, 2.45) is 0 Å². The molecule has 0 heterocycles. The molecule has 0 aromatic heterocycles. The average molecular weight is 255 g/mol. The average Bonchev–Trinajstić information content (AvgIpc) is 2.76. The minimum atomic E-state index is 0.248. The lowest BCUT2D eigenvalue weighted by atomic mass is 10.1. The summed E-state index contributed by atoms with van der Waals surface area (Å²) in [4.78, 5) is 0. The fraction of sp³-hybridized carbons (Fsp3) is 0.250. The van der Waals surface area contributed by atoms with Gasteiger partial charge in [0, 0.05) is 11.8 Å². The van der Waals surface area contributed by atoms with Gasteiger partial charge in [0.2, 0.25) is 0 Å². The second-order valence-corrected chi connectivity index (χ2v) is 5.12. The number of aromatic hydroxyl groups is 2. The molecule has 1 aliphatic carbocycles. The Hall–Kier alpha value is -2.16. The van der Waals surface area contributed by atoms with E-state index in [0.717, 1.165) is 24.1 Å². The third-order valence-electron chi connectivity index (χ3n) is 3.75. The predicted octanol–water partition coefficient (Wildman–Crippen LogP) is 3.51. The molecule has 1 aliphatic rings. The van der Waals surface area contributed by atoms with Crippen LogP contribution in [-0.4, -0.2) is 10.2 Å². The van der Waals surface area contributed by atoms with Crippen molar-refractivity contribution in [3.8, 4) is 11.5 Å². The third kappa shape index (κ3) is 2.24. The SMILES string of the molecule is Cc1ccc(NC2CCc3cc(O)ccc32)cc1O. The molecule has 0 saturated carbocycles. The summed E-state index contributed by atoms with van der Waals surface area (Å²) in [6.07, 6.45) is 1.98. The van der Waals surface area contributed by atoms with Crippen LogP contribution in [-0.2, 0) is 6.42 Å². The molecule has 0 spiro atoms. The molecule has 0 saturated heterocycles. The van der Waals surface area contributed by atoms with E-state index in [-0.39, 0.29) is 6.04 Å². The zero-order valence-electron chi connectivity index (χ0n) is 10.9. The Labute approximate surface area is 112 Å². The molecule has 0 bridgehead atoms.